The minimum Gasteiger partial charge on any atom is -0.465 e. The van der Waals surface area contributed by atoms with Crippen LogP contribution in [0.3, 0.4) is 0 Å². The third-order valence-corrected chi connectivity index (χ3v) is 5.05. The Balaban J connectivity index is 1.92. The van der Waals surface area contributed by atoms with E-state index in [0.29, 0.717) is 11.6 Å². The van der Waals surface area contributed by atoms with Gasteiger partial charge in [-0.25, -0.2) is 4.79 Å². The van der Waals surface area contributed by atoms with E-state index in [-0.39, 0.29) is 5.97 Å². The molecular weight excluding hydrogens is 330 g/mol. The molecule has 0 amide bonds. The molecule has 0 bridgehead atoms. The maximum absolute atomic E-state index is 11.5. The molecule has 3 nitrogen and oxygen atoms in total. The van der Waals surface area contributed by atoms with E-state index in [9.17, 15) is 4.79 Å². The van der Waals surface area contributed by atoms with E-state index >= 15 is 0 Å². The number of nitrogens with one attached hydrogen (secondary N) is 1. The highest BCUT2D eigenvalue weighted by Crippen LogP contribution is 2.24. The molecule has 1 aromatic rings. The van der Waals surface area contributed by atoms with Gasteiger partial charge in [-0.05, 0) is 42.9 Å². The summed E-state index contributed by atoms with van der Waals surface area (Å²) in [5, 5.41) is 3.66. The number of methoxy groups -OCH3 is 1. The standard InChI is InChI=1S/C17H24BrNO2/c1-12-4-3-5-15(9-6-12)19-11-14-8-7-13(10-16(14)18)17(20)21-2/h7-8,10,12,15,19H,3-6,9,11H2,1-2H3. The van der Waals surface area contributed by atoms with Crippen LogP contribution in [0.25, 0.3) is 0 Å². The van der Waals surface area contributed by atoms with Gasteiger partial charge in [0.1, 0.15) is 0 Å². The van der Waals surface area contributed by atoms with Crippen molar-refractivity contribution in [3.05, 3.63) is 33.8 Å². The van der Waals surface area contributed by atoms with E-state index in [1.165, 1.54) is 44.8 Å². The van der Waals surface area contributed by atoms with Crippen LogP contribution in [0.15, 0.2) is 22.7 Å². The fourth-order valence-corrected chi connectivity index (χ4v) is 3.40. The van der Waals surface area contributed by atoms with Gasteiger partial charge < -0.3 is 10.1 Å². The van der Waals surface area contributed by atoms with E-state index in [2.05, 4.69) is 28.2 Å². The van der Waals surface area contributed by atoms with E-state index in [1.54, 1.807) is 0 Å². The van der Waals surface area contributed by atoms with Crippen molar-refractivity contribution < 1.29 is 9.53 Å². The van der Waals surface area contributed by atoms with Gasteiger partial charge in [0.05, 0.1) is 12.7 Å². The predicted octanol–water partition coefficient (Wildman–Crippen LogP) is 4.29. The number of hydrogen-bond donors (Lipinski definition) is 1. The highest BCUT2D eigenvalue weighted by atomic mass is 79.9. The van der Waals surface area contributed by atoms with Crippen LogP contribution >= 0.6 is 15.9 Å². The number of benzene rings is 1. The minimum atomic E-state index is -0.298. The van der Waals surface area contributed by atoms with Crippen LogP contribution < -0.4 is 5.32 Å². The molecule has 1 aliphatic carbocycles. The van der Waals surface area contributed by atoms with Gasteiger partial charge in [0, 0.05) is 17.1 Å². The van der Waals surface area contributed by atoms with Gasteiger partial charge in [-0.3, -0.25) is 0 Å². The highest BCUT2D eigenvalue weighted by Gasteiger charge is 2.16. The SMILES string of the molecule is COC(=O)c1ccc(CNC2CCCC(C)CC2)c(Br)c1. The lowest BCUT2D eigenvalue weighted by Crippen LogP contribution is -2.28. The van der Waals surface area contributed by atoms with Gasteiger partial charge in [-0.2, -0.15) is 0 Å². The molecular formula is C17H24BrNO2. The summed E-state index contributed by atoms with van der Waals surface area (Å²) in [5.41, 5.74) is 1.76. The summed E-state index contributed by atoms with van der Waals surface area (Å²) in [7, 11) is 1.40. The molecule has 0 saturated heterocycles. The average Bonchev–Trinajstić information content (AvgIpc) is 2.69. The van der Waals surface area contributed by atoms with Crippen LogP contribution in [0.1, 0.15) is 54.9 Å². The van der Waals surface area contributed by atoms with E-state index in [4.69, 9.17) is 4.74 Å². The Kier molecular flexibility index (Phi) is 6.24. The summed E-state index contributed by atoms with van der Waals surface area (Å²) < 4.78 is 5.69. The molecule has 116 valence electrons. The Morgan fingerprint density at radius 1 is 1.33 bits per heavy atom. The van der Waals surface area contributed by atoms with Crippen molar-refractivity contribution in [2.45, 2.75) is 51.6 Å². The summed E-state index contributed by atoms with van der Waals surface area (Å²) >= 11 is 3.55. The third-order valence-electron chi connectivity index (χ3n) is 4.31. The number of halogens is 1. The molecule has 4 heteroatoms. The monoisotopic (exact) mass is 353 g/mol. The van der Waals surface area contributed by atoms with E-state index in [0.717, 1.165) is 16.9 Å². The van der Waals surface area contributed by atoms with Crippen molar-refractivity contribution in [3.8, 4) is 0 Å². The molecule has 1 aliphatic rings. The van der Waals surface area contributed by atoms with Crippen molar-refractivity contribution in [2.75, 3.05) is 7.11 Å². The molecule has 0 aromatic heterocycles. The van der Waals surface area contributed by atoms with Gasteiger partial charge in [0.15, 0.2) is 0 Å². The number of carbonyl (C=O) groups excluding carboxylic acids is 1. The summed E-state index contributed by atoms with van der Waals surface area (Å²) in [6, 6.07) is 6.26. The van der Waals surface area contributed by atoms with E-state index < -0.39 is 0 Å². The van der Waals surface area contributed by atoms with Crippen LogP contribution in [0.5, 0.6) is 0 Å². The zero-order chi connectivity index (χ0) is 15.2. The second-order valence-electron chi connectivity index (χ2n) is 5.99. The molecule has 1 aromatic carbocycles. The number of rotatable bonds is 4. The molecule has 2 unspecified atom stereocenters. The molecule has 1 N–H and O–H groups in total. The fraction of sp³-hybridized carbons (Fsp3) is 0.588. The summed E-state index contributed by atoms with van der Waals surface area (Å²) in [5.74, 6) is 0.566. The van der Waals surface area contributed by atoms with Crippen LogP contribution in [0.4, 0.5) is 0 Å². The quantitative estimate of drug-likeness (QED) is 0.647. The fourth-order valence-electron chi connectivity index (χ4n) is 2.88. The first kappa shape index (κ1) is 16.5. The second-order valence-corrected chi connectivity index (χ2v) is 6.84. The Bertz CT molecular complexity index is 490. The van der Waals surface area contributed by atoms with Crippen molar-refractivity contribution in [3.63, 3.8) is 0 Å². The smallest absolute Gasteiger partial charge is 0.337 e. The number of esters is 1. The van der Waals surface area contributed by atoms with Crippen LogP contribution in [-0.2, 0) is 11.3 Å². The summed E-state index contributed by atoms with van der Waals surface area (Å²) in [6.07, 6.45) is 6.53. The first-order valence-electron chi connectivity index (χ1n) is 7.70. The molecule has 0 aliphatic heterocycles. The Labute approximate surface area is 135 Å². The molecule has 21 heavy (non-hydrogen) atoms. The lowest BCUT2D eigenvalue weighted by Gasteiger charge is -2.17. The van der Waals surface area contributed by atoms with Crippen molar-refractivity contribution in [2.24, 2.45) is 5.92 Å². The molecule has 0 heterocycles. The van der Waals surface area contributed by atoms with Gasteiger partial charge in [-0.1, -0.05) is 41.8 Å². The largest absolute Gasteiger partial charge is 0.465 e. The van der Waals surface area contributed by atoms with Crippen LogP contribution in [0.2, 0.25) is 0 Å². The zero-order valence-electron chi connectivity index (χ0n) is 12.8. The topological polar surface area (TPSA) is 38.3 Å². The second kappa shape index (κ2) is 7.95. The van der Waals surface area contributed by atoms with Crippen LogP contribution in [0, 0.1) is 5.92 Å². The minimum absolute atomic E-state index is 0.298. The maximum Gasteiger partial charge on any atom is 0.337 e. The molecule has 2 rings (SSSR count). The number of ether oxygens (including phenoxy) is 1. The van der Waals surface area contributed by atoms with E-state index in [1.807, 2.05) is 18.2 Å². The first-order valence-corrected chi connectivity index (χ1v) is 8.49. The maximum atomic E-state index is 11.5. The Morgan fingerprint density at radius 2 is 2.14 bits per heavy atom. The van der Waals surface area contributed by atoms with Crippen molar-refractivity contribution >= 4 is 21.9 Å². The summed E-state index contributed by atoms with van der Waals surface area (Å²) in [6.45, 7) is 3.19. The molecule has 1 saturated carbocycles. The van der Waals surface area contributed by atoms with Gasteiger partial charge in [0.25, 0.3) is 0 Å². The molecule has 2 atom stereocenters. The Hall–Kier alpha value is -0.870. The normalized spacial score (nSPS) is 22.6. The van der Waals surface area contributed by atoms with Crippen LogP contribution in [-0.4, -0.2) is 19.1 Å². The Morgan fingerprint density at radius 3 is 2.86 bits per heavy atom. The van der Waals surface area contributed by atoms with Gasteiger partial charge in [-0.15, -0.1) is 0 Å². The molecule has 0 radical (unpaired) electrons. The van der Waals surface area contributed by atoms with Crippen molar-refractivity contribution in [1.82, 2.24) is 5.32 Å². The van der Waals surface area contributed by atoms with Gasteiger partial charge in [0.2, 0.25) is 0 Å². The first-order chi connectivity index (χ1) is 10.1. The third kappa shape index (κ3) is 4.82. The van der Waals surface area contributed by atoms with Gasteiger partial charge >= 0.3 is 5.97 Å². The van der Waals surface area contributed by atoms with Crippen molar-refractivity contribution in [1.29, 1.82) is 0 Å². The number of hydrogen-bond acceptors (Lipinski definition) is 3. The highest BCUT2D eigenvalue weighted by molar-refractivity contribution is 9.10. The number of carbonyl (C=O) groups is 1. The summed E-state index contributed by atoms with van der Waals surface area (Å²) in [4.78, 5) is 11.5. The predicted molar refractivity (Wildman–Crippen MR) is 88.4 cm³/mol. The lowest BCUT2D eigenvalue weighted by atomic mass is 10.0. The molecule has 1 fully saturated rings. The zero-order valence-corrected chi connectivity index (χ0v) is 14.4. The average molecular weight is 354 g/mol. The lowest BCUT2D eigenvalue weighted by molar-refractivity contribution is 0.0600. The molecule has 0 spiro atoms.